The molecule has 0 aromatic heterocycles. The fraction of sp³-hybridized carbons (Fsp3) is 0.879. The van der Waals surface area contributed by atoms with E-state index in [1.807, 2.05) is 0 Å². The molecule has 0 aliphatic carbocycles. The van der Waals surface area contributed by atoms with E-state index in [-0.39, 0.29) is 18.5 Å². The number of aliphatic hydroxyl groups excluding tert-OH is 2. The molecule has 0 aromatic rings. The molecule has 6 nitrogen and oxygen atoms in total. The standard InChI is InChI=1S/C66H125NO5/c1-3-5-7-9-11-13-15-17-18-19-20-21-22-23-24-25-26-28-31-35-38-42-46-50-54-58-64(69)63(62-68)67-65(70)59-55-51-47-43-39-36-32-29-27-30-33-37-41-45-49-53-57-61-72-66(71)60-56-52-48-44-40-34-16-14-12-10-8-6-4-2/h14,16,27,30,37,41,63-64,68-69H,3-13,15,17-26,28-29,31-36,38-40,42-62H2,1-2H3,(H,67,70)/b16-14-,30-27-,41-37-. The number of allylic oxidation sites excluding steroid dienone is 6. The maximum atomic E-state index is 12.5. The average Bonchev–Trinajstić information content (AvgIpc) is 3.38. The van der Waals surface area contributed by atoms with Crippen molar-refractivity contribution < 1.29 is 24.5 Å². The molecule has 0 saturated heterocycles. The summed E-state index contributed by atoms with van der Waals surface area (Å²) in [6.07, 6.45) is 77.3. The second-order valence-corrected chi connectivity index (χ2v) is 22.1. The minimum absolute atomic E-state index is 0.0242. The summed E-state index contributed by atoms with van der Waals surface area (Å²) >= 11 is 0. The molecule has 2 atom stereocenters. The van der Waals surface area contributed by atoms with E-state index in [0.717, 1.165) is 83.5 Å². The van der Waals surface area contributed by atoms with Crippen molar-refractivity contribution in [1.82, 2.24) is 5.32 Å². The number of hydrogen-bond acceptors (Lipinski definition) is 5. The lowest BCUT2D eigenvalue weighted by atomic mass is 10.0. The third-order valence-electron chi connectivity index (χ3n) is 14.9. The first kappa shape index (κ1) is 70.1. The molecular weight excluding hydrogens is 887 g/mol. The van der Waals surface area contributed by atoms with Crippen molar-refractivity contribution in [3.63, 3.8) is 0 Å². The summed E-state index contributed by atoms with van der Waals surface area (Å²) in [5, 5.41) is 23.4. The fourth-order valence-electron chi connectivity index (χ4n) is 9.96. The van der Waals surface area contributed by atoms with Crippen molar-refractivity contribution in [3.8, 4) is 0 Å². The van der Waals surface area contributed by atoms with Crippen LogP contribution in [0.4, 0.5) is 0 Å². The fourth-order valence-corrected chi connectivity index (χ4v) is 9.96. The van der Waals surface area contributed by atoms with Crippen molar-refractivity contribution in [3.05, 3.63) is 36.5 Å². The van der Waals surface area contributed by atoms with E-state index in [0.29, 0.717) is 25.9 Å². The minimum atomic E-state index is -0.677. The normalized spacial score (nSPS) is 12.8. The predicted octanol–water partition coefficient (Wildman–Crippen LogP) is 20.4. The largest absolute Gasteiger partial charge is 0.466 e. The van der Waals surface area contributed by atoms with Gasteiger partial charge in [0.15, 0.2) is 0 Å². The Balaban J connectivity index is 3.48. The Bertz CT molecular complexity index is 1170. The van der Waals surface area contributed by atoms with Gasteiger partial charge in [0.1, 0.15) is 0 Å². The van der Waals surface area contributed by atoms with Crippen LogP contribution in [-0.2, 0) is 14.3 Å². The Morgan fingerprint density at radius 1 is 0.389 bits per heavy atom. The maximum Gasteiger partial charge on any atom is 0.305 e. The van der Waals surface area contributed by atoms with Crippen molar-refractivity contribution in [2.75, 3.05) is 13.2 Å². The van der Waals surface area contributed by atoms with Gasteiger partial charge in [0, 0.05) is 12.8 Å². The SMILES string of the molecule is CCCCCC/C=C\CCCCCCCC(=O)OCCCCC/C=C\C/C=C\CCCCCCCCCC(=O)NC(CO)C(O)CCCCCCCCCCCCCCCCCCCCCCCCCCC. The number of esters is 1. The quantitative estimate of drug-likeness (QED) is 0.0320. The van der Waals surface area contributed by atoms with Gasteiger partial charge in [-0.2, -0.15) is 0 Å². The highest BCUT2D eigenvalue weighted by Gasteiger charge is 2.20. The molecule has 0 aliphatic rings. The Hall–Kier alpha value is -1.92. The molecule has 6 heteroatoms. The lowest BCUT2D eigenvalue weighted by Gasteiger charge is -2.22. The van der Waals surface area contributed by atoms with Crippen LogP contribution in [0.1, 0.15) is 348 Å². The molecule has 0 rings (SSSR count). The topological polar surface area (TPSA) is 95.9 Å². The Labute approximate surface area is 449 Å². The van der Waals surface area contributed by atoms with Gasteiger partial charge in [0.2, 0.25) is 5.91 Å². The molecule has 0 heterocycles. The van der Waals surface area contributed by atoms with Crippen LogP contribution in [0.2, 0.25) is 0 Å². The average molecular weight is 1010 g/mol. The number of carbonyl (C=O) groups excluding carboxylic acids is 2. The van der Waals surface area contributed by atoms with Crippen LogP contribution in [0.3, 0.4) is 0 Å². The molecule has 0 aromatic carbocycles. The number of ether oxygens (including phenoxy) is 1. The molecule has 0 spiro atoms. The third kappa shape index (κ3) is 57.4. The number of hydrogen-bond donors (Lipinski definition) is 3. The summed E-state index contributed by atoms with van der Waals surface area (Å²) in [5.41, 5.74) is 0. The molecule has 0 fully saturated rings. The van der Waals surface area contributed by atoms with Crippen LogP contribution < -0.4 is 5.32 Å². The monoisotopic (exact) mass is 1010 g/mol. The highest BCUT2D eigenvalue weighted by Crippen LogP contribution is 2.18. The van der Waals surface area contributed by atoms with Gasteiger partial charge in [0.05, 0.1) is 25.4 Å². The van der Waals surface area contributed by atoms with E-state index in [1.165, 1.54) is 231 Å². The molecule has 424 valence electrons. The van der Waals surface area contributed by atoms with E-state index in [4.69, 9.17) is 4.74 Å². The molecule has 0 radical (unpaired) electrons. The molecule has 3 N–H and O–H groups in total. The molecule has 1 amide bonds. The van der Waals surface area contributed by atoms with Crippen LogP contribution >= 0.6 is 0 Å². The number of amides is 1. The zero-order chi connectivity index (χ0) is 52.2. The number of carbonyl (C=O) groups is 2. The lowest BCUT2D eigenvalue weighted by Crippen LogP contribution is -2.45. The highest BCUT2D eigenvalue weighted by molar-refractivity contribution is 5.76. The summed E-state index contributed by atoms with van der Waals surface area (Å²) in [7, 11) is 0. The summed E-state index contributed by atoms with van der Waals surface area (Å²) in [5.74, 6) is -0.0722. The van der Waals surface area contributed by atoms with Gasteiger partial charge in [-0.15, -0.1) is 0 Å². The van der Waals surface area contributed by atoms with Gasteiger partial charge < -0.3 is 20.3 Å². The van der Waals surface area contributed by atoms with E-state index in [9.17, 15) is 19.8 Å². The first-order chi connectivity index (χ1) is 35.5. The molecule has 0 aliphatic heterocycles. The predicted molar refractivity (Wildman–Crippen MR) is 315 cm³/mol. The summed E-state index contributed by atoms with van der Waals surface area (Å²) in [6, 6.07) is -0.556. The van der Waals surface area contributed by atoms with Gasteiger partial charge in [-0.1, -0.05) is 281 Å². The first-order valence-electron chi connectivity index (χ1n) is 32.2. The van der Waals surface area contributed by atoms with Gasteiger partial charge in [-0.05, 0) is 89.9 Å². The van der Waals surface area contributed by atoms with E-state index < -0.39 is 12.1 Å². The van der Waals surface area contributed by atoms with Crippen molar-refractivity contribution >= 4 is 11.9 Å². The molecule has 0 saturated carbocycles. The van der Waals surface area contributed by atoms with Crippen LogP contribution in [0, 0.1) is 0 Å². The number of aliphatic hydroxyl groups is 2. The second kappa shape index (κ2) is 61.6. The molecule has 72 heavy (non-hydrogen) atoms. The number of nitrogens with one attached hydrogen (secondary N) is 1. The summed E-state index contributed by atoms with van der Waals surface area (Å²) < 4.78 is 5.44. The van der Waals surface area contributed by atoms with Crippen LogP contribution in [-0.4, -0.2) is 47.4 Å². The maximum absolute atomic E-state index is 12.5. The Morgan fingerprint density at radius 2 is 0.694 bits per heavy atom. The lowest BCUT2D eigenvalue weighted by molar-refractivity contribution is -0.143. The summed E-state index contributed by atoms with van der Waals surface area (Å²) in [4.78, 5) is 24.5. The van der Waals surface area contributed by atoms with Gasteiger partial charge in [-0.3, -0.25) is 9.59 Å². The van der Waals surface area contributed by atoms with Gasteiger partial charge >= 0.3 is 5.97 Å². The minimum Gasteiger partial charge on any atom is -0.466 e. The first-order valence-corrected chi connectivity index (χ1v) is 32.2. The van der Waals surface area contributed by atoms with Gasteiger partial charge in [0.25, 0.3) is 0 Å². The zero-order valence-electron chi connectivity index (χ0n) is 48.4. The van der Waals surface area contributed by atoms with E-state index in [2.05, 4.69) is 55.6 Å². The van der Waals surface area contributed by atoms with Crippen molar-refractivity contribution in [2.45, 2.75) is 360 Å². The third-order valence-corrected chi connectivity index (χ3v) is 14.9. The van der Waals surface area contributed by atoms with Crippen LogP contribution in [0.5, 0.6) is 0 Å². The molecular formula is C66H125NO5. The van der Waals surface area contributed by atoms with Crippen molar-refractivity contribution in [1.29, 1.82) is 0 Å². The second-order valence-electron chi connectivity index (χ2n) is 22.1. The number of rotatable bonds is 60. The Morgan fingerprint density at radius 3 is 1.08 bits per heavy atom. The molecule has 2 unspecified atom stereocenters. The highest BCUT2D eigenvalue weighted by atomic mass is 16.5. The van der Waals surface area contributed by atoms with Crippen LogP contribution in [0.15, 0.2) is 36.5 Å². The number of unbranched alkanes of at least 4 members (excludes halogenated alkanes) is 43. The van der Waals surface area contributed by atoms with E-state index in [1.54, 1.807) is 0 Å². The molecule has 0 bridgehead atoms. The van der Waals surface area contributed by atoms with E-state index >= 15 is 0 Å². The Kier molecular flexibility index (Phi) is 60.0. The smallest absolute Gasteiger partial charge is 0.305 e. The van der Waals surface area contributed by atoms with Crippen molar-refractivity contribution in [2.24, 2.45) is 0 Å². The summed E-state index contributed by atoms with van der Waals surface area (Å²) in [6.45, 7) is 4.91. The van der Waals surface area contributed by atoms with Gasteiger partial charge in [-0.25, -0.2) is 0 Å². The zero-order valence-corrected chi connectivity index (χ0v) is 48.4. The van der Waals surface area contributed by atoms with Crippen LogP contribution in [0.25, 0.3) is 0 Å².